The second-order valence-electron chi connectivity index (χ2n) is 4.07. The molecule has 0 amide bonds. The van der Waals surface area contributed by atoms with Gasteiger partial charge in [-0.3, -0.25) is 0 Å². The van der Waals surface area contributed by atoms with Crippen molar-refractivity contribution >= 4 is 23.2 Å². The molecule has 0 bridgehead atoms. The number of halogens is 3. The summed E-state index contributed by atoms with van der Waals surface area (Å²) in [4.78, 5) is 0. The maximum absolute atomic E-state index is 13.1. The Kier molecular flexibility index (Phi) is 3.53. The summed E-state index contributed by atoms with van der Waals surface area (Å²) in [6.07, 6.45) is 4.33. The third kappa shape index (κ3) is 2.46. The average molecular weight is 247 g/mol. The minimum atomic E-state index is -0.233. The predicted molar refractivity (Wildman–Crippen MR) is 62.3 cm³/mol. The molecule has 2 rings (SSSR count). The predicted octanol–water partition coefficient (Wildman–Crippen LogP) is 4.74. The van der Waals surface area contributed by atoms with Crippen LogP contribution in [0, 0.1) is 5.82 Å². The summed E-state index contributed by atoms with van der Waals surface area (Å²) >= 11 is 12.3. The molecule has 0 heterocycles. The van der Waals surface area contributed by atoms with Crippen LogP contribution >= 0.6 is 23.2 Å². The zero-order valence-corrected chi connectivity index (χ0v) is 9.86. The highest BCUT2D eigenvalue weighted by Crippen LogP contribution is 2.39. The number of alkyl halides is 1. The van der Waals surface area contributed by atoms with Crippen molar-refractivity contribution in [3.8, 4) is 0 Å². The fraction of sp³-hybridized carbons (Fsp3) is 0.500. The fourth-order valence-corrected chi connectivity index (χ4v) is 2.91. The maximum Gasteiger partial charge on any atom is 0.123 e. The summed E-state index contributed by atoms with van der Waals surface area (Å²) in [6.45, 7) is 0. The first-order valence-electron chi connectivity index (χ1n) is 5.27. The molecule has 82 valence electrons. The fourth-order valence-electron chi connectivity index (χ4n) is 2.23. The lowest BCUT2D eigenvalue weighted by Crippen LogP contribution is -2.18. The van der Waals surface area contributed by atoms with Crippen molar-refractivity contribution in [1.29, 1.82) is 0 Å². The van der Waals surface area contributed by atoms with Gasteiger partial charge >= 0.3 is 0 Å². The van der Waals surface area contributed by atoms with E-state index in [2.05, 4.69) is 0 Å². The van der Waals surface area contributed by atoms with Crippen LogP contribution in [0.5, 0.6) is 0 Å². The number of hydrogen-bond donors (Lipinski definition) is 0. The summed E-state index contributed by atoms with van der Waals surface area (Å²) < 4.78 is 13.1. The van der Waals surface area contributed by atoms with Gasteiger partial charge in [0, 0.05) is 16.3 Å². The van der Waals surface area contributed by atoms with Crippen molar-refractivity contribution in [1.82, 2.24) is 0 Å². The van der Waals surface area contributed by atoms with Gasteiger partial charge in [-0.25, -0.2) is 4.39 Å². The van der Waals surface area contributed by atoms with Crippen LogP contribution in [0.15, 0.2) is 18.2 Å². The van der Waals surface area contributed by atoms with E-state index in [1.165, 1.54) is 12.1 Å². The molecule has 0 spiro atoms. The first-order valence-corrected chi connectivity index (χ1v) is 6.09. The zero-order valence-electron chi connectivity index (χ0n) is 8.35. The Morgan fingerprint density at radius 1 is 1.20 bits per heavy atom. The van der Waals surface area contributed by atoms with Gasteiger partial charge in [-0.05, 0) is 36.6 Å². The van der Waals surface area contributed by atoms with E-state index in [4.69, 9.17) is 23.2 Å². The van der Waals surface area contributed by atoms with E-state index in [0.717, 1.165) is 31.2 Å². The van der Waals surface area contributed by atoms with Crippen molar-refractivity contribution in [2.45, 2.75) is 37.0 Å². The van der Waals surface area contributed by atoms with Crippen LogP contribution < -0.4 is 0 Å². The van der Waals surface area contributed by atoms with Gasteiger partial charge in [0.1, 0.15) is 5.82 Å². The van der Waals surface area contributed by atoms with E-state index in [0.29, 0.717) is 5.02 Å². The molecule has 0 N–H and O–H groups in total. The molecule has 0 radical (unpaired) electrons. The van der Waals surface area contributed by atoms with E-state index < -0.39 is 0 Å². The van der Waals surface area contributed by atoms with E-state index in [1.807, 2.05) is 0 Å². The lowest BCUT2D eigenvalue weighted by atomic mass is 9.83. The van der Waals surface area contributed by atoms with E-state index >= 15 is 0 Å². The van der Waals surface area contributed by atoms with Crippen molar-refractivity contribution in [2.75, 3.05) is 0 Å². The van der Waals surface area contributed by atoms with Crippen LogP contribution in [0.2, 0.25) is 5.02 Å². The average Bonchev–Trinajstić information content (AvgIpc) is 2.23. The SMILES string of the molecule is Fc1ccc(Cl)c(C2CCCCC2Cl)c1. The molecule has 3 heteroatoms. The van der Waals surface area contributed by atoms with Gasteiger partial charge in [0.15, 0.2) is 0 Å². The quantitative estimate of drug-likeness (QED) is 0.628. The van der Waals surface area contributed by atoms with Gasteiger partial charge in [0.25, 0.3) is 0 Å². The van der Waals surface area contributed by atoms with Gasteiger partial charge in [-0.2, -0.15) is 0 Å². The minimum absolute atomic E-state index is 0.0954. The summed E-state index contributed by atoms with van der Waals surface area (Å²) in [5.41, 5.74) is 0.872. The zero-order chi connectivity index (χ0) is 10.8. The topological polar surface area (TPSA) is 0 Å². The number of benzene rings is 1. The molecule has 0 aliphatic heterocycles. The van der Waals surface area contributed by atoms with Gasteiger partial charge in [0.05, 0.1) is 0 Å². The van der Waals surface area contributed by atoms with E-state index in [-0.39, 0.29) is 17.1 Å². The molecular formula is C12H13Cl2F. The molecule has 0 nitrogen and oxygen atoms in total. The second kappa shape index (κ2) is 4.71. The molecule has 1 saturated carbocycles. The standard InChI is InChI=1S/C12H13Cl2F/c13-11-4-2-1-3-9(11)10-7-8(15)5-6-12(10)14/h5-7,9,11H,1-4H2. The van der Waals surface area contributed by atoms with Crippen LogP contribution in [-0.4, -0.2) is 5.38 Å². The molecule has 2 atom stereocenters. The molecule has 0 saturated heterocycles. The molecule has 1 aliphatic carbocycles. The van der Waals surface area contributed by atoms with Crippen molar-refractivity contribution in [3.63, 3.8) is 0 Å². The van der Waals surface area contributed by atoms with Gasteiger partial charge in [-0.1, -0.05) is 24.4 Å². The van der Waals surface area contributed by atoms with Gasteiger partial charge in [-0.15, -0.1) is 11.6 Å². The molecule has 15 heavy (non-hydrogen) atoms. The first-order chi connectivity index (χ1) is 7.18. The van der Waals surface area contributed by atoms with Crippen LogP contribution in [0.25, 0.3) is 0 Å². The summed E-state index contributed by atoms with van der Waals surface area (Å²) in [6, 6.07) is 4.52. The largest absolute Gasteiger partial charge is 0.207 e. The van der Waals surface area contributed by atoms with Crippen LogP contribution in [0.4, 0.5) is 4.39 Å². The highest BCUT2D eigenvalue weighted by Gasteiger charge is 2.26. The van der Waals surface area contributed by atoms with Crippen LogP contribution in [0.3, 0.4) is 0 Å². The Balaban J connectivity index is 2.30. The lowest BCUT2D eigenvalue weighted by Gasteiger charge is -2.28. The van der Waals surface area contributed by atoms with Crippen molar-refractivity contribution in [3.05, 3.63) is 34.6 Å². The monoisotopic (exact) mass is 246 g/mol. The maximum atomic E-state index is 13.1. The normalized spacial score (nSPS) is 26.6. The van der Waals surface area contributed by atoms with Crippen LogP contribution in [0.1, 0.15) is 37.2 Å². The smallest absolute Gasteiger partial charge is 0.123 e. The van der Waals surface area contributed by atoms with Crippen LogP contribution in [-0.2, 0) is 0 Å². The van der Waals surface area contributed by atoms with Crippen molar-refractivity contribution in [2.24, 2.45) is 0 Å². The summed E-state index contributed by atoms with van der Waals surface area (Å²) in [5.74, 6) is -0.0209. The molecular weight excluding hydrogens is 234 g/mol. The van der Waals surface area contributed by atoms with E-state index in [1.54, 1.807) is 6.07 Å². The number of rotatable bonds is 1. The van der Waals surface area contributed by atoms with Gasteiger partial charge < -0.3 is 0 Å². The molecule has 1 aromatic rings. The van der Waals surface area contributed by atoms with Gasteiger partial charge in [0.2, 0.25) is 0 Å². The molecule has 2 unspecified atom stereocenters. The summed E-state index contributed by atoms with van der Waals surface area (Å²) in [7, 11) is 0. The van der Waals surface area contributed by atoms with E-state index in [9.17, 15) is 4.39 Å². The third-order valence-corrected chi connectivity index (χ3v) is 3.91. The highest BCUT2D eigenvalue weighted by atomic mass is 35.5. The highest BCUT2D eigenvalue weighted by molar-refractivity contribution is 6.31. The molecule has 0 aromatic heterocycles. The molecule has 1 aliphatic rings. The Bertz CT molecular complexity index is 351. The Hall–Kier alpha value is -0.270. The lowest BCUT2D eigenvalue weighted by molar-refractivity contribution is 0.449. The van der Waals surface area contributed by atoms with Crippen molar-refractivity contribution < 1.29 is 4.39 Å². The Labute approximate surface area is 99.4 Å². The minimum Gasteiger partial charge on any atom is -0.207 e. The number of hydrogen-bond acceptors (Lipinski definition) is 0. The Morgan fingerprint density at radius 2 is 1.93 bits per heavy atom. The Morgan fingerprint density at radius 3 is 2.67 bits per heavy atom. The summed E-state index contributed by atoms with van der Waals surface area (Å²) in [5, 5.41) is 0.729. The molecule has 1 fully saturated rings. The molecule has 1 aromatic carbocycles. The third-order valence-electron chi connectivity index (χ3n) is 3.04. The first kappa shape index (κ1) is 11.2. The second-order valence-corrected chi connectivity index (χ2v) is 5.04.